The first-order chi connectivity index (χ1) is 9.41. The molecule has 1 aromatic carbocycles. The highest BCUT2D eigenvalue weighted by Crippen LogP contribution is 2.35. The van der Waals surface area contributed by atoms with Crippen molar-refractivity contribution in [3.63, 3.8) is 0 Å². The number of anilines is 1. The lowest BCUT2D eigenvalue weighted by Crippen LogP contribution is -2.40. The summed E-state index contributed by atoms with van der Waals surface area (Å²) in [7, 11) is 1.85. The van der Waals surface area contributed by atoms with E-state index in [0.29, 0.717) is 11.5 Å². The number of aryl methyl sites for hydroxylation is 1. The molecule has 1 amide bonds. The molecule has 110 valence electrons. The molecule has 0 bridgehead atoms. The minimum absolute atomic E-state index is 0.0424. The average molecular weight is 274 g/mol. The van der Waals surface area contributed by atoms with Crippen LogP contribution in [0.5, 0.6) is 0 Å². The summed E-state index contributed by atoms with van der Waals surface area (Å²) >= 11 is 0. The van der Waals surface area contributed by atoms with E-state index in [1.165, 1.54) is 12.8 Å². The number of benzene rings is 1. The largest absolute Gasteiger partial charge is 0.387 e. The molecule has 0 radical (unpaired) electrons. The lowest BCUT2D eigenvalue weighted by molar-refractivity contribution is 0.0903. The Kier molecular flexibility index (Phi) is 4.36. The SMILES string of the molecule is CNc1ccc(C)cc1C(=O)NC1CCCC(C)(C)C1. The van der Waals surface area contributed by atoms with Crippen molar-refractivity contribution in [1.29, 1.82) is 0 Å². The number of carbonyl (C=O) groups is 1. The average Bonchev–Trinajstić information content (AvgIpc) is 2.37. The second kappa shape index (κ2) is 5.86. The van der Waals surface area contributed by atoms with Gasteiger partial charge < -0.3 is 10.6 Å². The van der Waals surface area contributed by atoms with E-state index in [-0.39, 0.29) is 5.91 Å². The summed E-state index contributed by atoms with van der Waals surface area (Å²) in [5.41, 5.74) is 3.09. The molecular weight excluding hydrogens is 248 g/mol. The van der Waals surface area contributed by atoms with Crippen LogP contribution in [0.3, 0.4) is 0 Å². The molecule has 1 aliphatic carbocycles. The Bertz CT molecular complexity index is 494. The number of hydrogen-bond donors (Lipinski definition) is 2. The Morgan fingerprint density at radius 1 is 1.35 bits per heavy atom. The zero-order valence-electron chi connectivity index (χ0n) is 13.0. The third-order valence-electron chi connectivity index (χ3n) is 4.23. The maximum atomic E-state index is 12.5. The normalized spacial score (nSPS) is 21.3. The van der Waals surface area contributed by atoms with Gasteiger partial charge in [0.15, 0.2) is 0 Å². The van der Waals surface area contributed by atoms with Crippen molar-refractivity contribution in [3.8, 4) is 0 Å². The highest BCUT2D eigenvalue weighted by Gasteiger charge is 2.29. The van der Waals surface area contributed by atoms with Crippen LogP contribution in [0.25, 0.3) is 0 Å². The fourth-order valence-corrected chi connectivity index (χ4v) is 3.15. The van der Waals surface area contributed by atoms with Crippen LogP contribution in [0.2, 0.25) is 0 Å². The van der Waals surface area contributed by atoms with Crippen molar-refractivity contribution < 1.29 is 4.79 Å². The van der Waals surface area contributed by atoms with Gasteiger partial charge in [0.1, 0.15) is 0 Å². The molecule has 3 heteroatoms. The molecule has 1 fully saturated rings. The molecule has 2 N–H and O–H groups in total. The number of rotatable bonds is 3. The Morgan fingerprint density at radius 3 is 2.75 bits per heavy atom. The monoisotopic (exact) mass is 274 g/mol. The maximum absolute atomic E-state index is 12.5. The molecule has 1 atom stereocenters. The van der Waals surface area contributed by atoms with Crippen LogP contribution in [0.4, 0.5) is 5.69 Å². The smallest absolute Gasteiger partial charge is 0.253 e. The quantitative estimate of drug-likeness (QED) is 0.881. The summed E-state index contributed by atoms with van der Waals surface area (Å²) in [6.07, 6.45) is 4.62. The molecule has 2 rings (SSSR count). The molecule has 1 saturated carbocycles. The molecule has 1 unspecified atom stereocenters. The standard InChI is InChI=1S/C17H26N2O/c1-12-7-8-15(18-4)14(10-12)16(20)19-13-6-5-9-17(2,3)11-13/h7-8,10,13,18H,5-6,9,11H2,1-4H3,(H,19,20). The van der Waals surface area contributed by atoms with Crippen molar-refractivity contribution in [2.75, 3.05) is 12.4 Å². The highest BCUT2D eigenvalue weighted by molar-refractivity contribution is 6.00. The van der Waals surface area contributed by atoms with Crippen LogP contribution >= 0.6 is 0 Å². The van der Waals surface area contributed by atoms with Crippen molar-refractivity contribution in [1.82, 2.24) is 5.32 Å². The molecule has 0 heterocycles. The van der Waals surface area contributed by atoms with E-state index in [4.69, 9.17) is 0 Å². The third-order valence-corrected chi connectivity index (χ3v) is 4.23. The maximum Gasteiger partial charge on any atom is 0.253 e. The Hall–Kier alpha value is -1.51. The summed E-state index contributed by atoms with van der Waals surface area (Å²) in [6.45, 7) is 6.59. The van der Waals surface area contributed by atoms with Crippen LogP contribution < -0.4 is 10.6 Å². The Balaban J connectivity index is 2.10. The number of carbonyl (C=O) groups excluding carboxylic acids is 1. The number of nitrogens with one attached hydrogen (secondary N) is 2. The molecule has 3 nitrogen and oxygen atoms in total. The zero-order chi connectivity index (χ0) is 14.8. The van der Waals surface area contributed by atoms with Crippen LogP contribution in [-0.4, -0.2) is 19.0 Å². The Labute approximate surface area is 122 Å². The van der Waals surface area contributed by atoms with Gasteiger partial charge in [0.25, 0.3) is 5.91 Å². The van der Waals surface area contributed by atoms with E-state index in [1.54, 1.807) is 0 Å². The molecule has 0 spiro atoms. The first-order valence-corrected chi connectivity index (χ1v) is 7.50. The fraction of sp³-hybridized carbons (Fsp3) is 0.588. The molecule has 1 aliphatic rings. The van der Waals surface area contributed by atoms with Gasteiger partial charge in [-0.3, -0.25) is 4.79 Å². The second-order valence-electron chi connectivity index (χ2n) is 6.73. The molecule has 0 aromatic heterocycles. The van der Waals surface area contributed by atoms with Gasteiger partial charge >= 0.3 is 0 Å². The van der Waals surface area contributed by atoms with Gasteiger partial charge in [0, 0.05) is 18.8 Å². The highest BCUT2D eigenvalue weighted by atomic mass is 16.1. The molecule has 0 aliphatic heterocycles. The summed E-state index contributed by atoms with van der Waals surface area (Å²) in [5, 5.41) is 6.31. The van der Waals surface area contributed by atoms with E-state index in [9.17, 15) is 4.79 Å². The van der Waals surface area contributed by atoms with E-state index in [1.807, 2.05) is 32.2 Å². The molecule has 0 saturated heterocycles. The topological polar surface area (TPSA) is 41.1 Å². The van der Waals surface area contributed by atoms with Crippen LogP contribution in [0, 0.1) is 12.3 Å². The number of hydrogen-bond acceptors (Lipinski definition) is 2. The van der Waals surface area contributed by atoms with E-state index >= 15 is 0 Å². The van der Waals surface area contributed by atoms with Crippen LogP contribution in [0.15, 0.2) is 18.2 Å². The van der Waals surface area contributed by atoms with Gasteiger partial charge in [-0.15, -0.1) is 0 Å². The van der Waals surface area contributed by atoms with E-state index < -0.39 is 0 Å². The third kappa shape index (κ3) is 3.53. The van der Waals surface area contributed by atoms with Gasteiger partial charge in [-0.2, -0.15) is 0 Å². The van der Waals surface area contributed by atoms with Gasteiger partial charge in [-0.05, 0) is 43.7 Å². The van der Waals surface area contributed by atoms with Crippen molar-refractivity contribution in [3.05, 3.63) is 29.3 Å². The zero-order valence-corrected chi connectivity index (χ0v) is 13.0. The van der Waals surface area contributed by atoms with Crippen LogP contribution in [0.1, 0.15) is 55.5 Å². The first kappa shape index (κ1) is 14.9. The fourth-order valence-electron chi connectivity index (χ4n) is 3.15. The summed E-state index contributed by atoms with van der Waals surface area (Å²) in [4.78, 5) is 12.5. The van der Waals surface area contributed by atoms with Gasteiger partial charge in [0.2, 0.25) is 0 Å². The van der Waals surface area contributed by atoms with E-state index in [0.717, 1.165) is 29.7 Å². The van der Waals surface area contributed by atoms with Crippen LogP contribution in [-0.2, 0) is 0 Å². The Morgan fingerprint density at radius 2 is 2.10 bits per heavy atom. The second-order valence-corrected chi connectivity index (χ2v) is 6.73. The molecular formula is C17H26N2O. The van der Waals surface area contributed by atoms with E-state index in [2.05, 4.69) is 24.5 Å². The lowest BCUT2D eigenvalue weighted by Gasteiger charge is -2.35. The van der Waals surface area contributed by atoms with Gasteiger partial charge in [-0.25, -0.2) is 0 Å². The minimum Gasteiger partial charge on any atom is -0.387 e. The van der Waals surface area contributed by atoms with Crippen molar-refractivity contribution in [2.24, 2.45) is 5.41 Å². The summed E-state index contributed by atoms with van der Waals surface area (Å²) in [6, 6.07) is 6.24. The lowest BCUT2D eigenvalue weighted by atomic mass is 9.75. The predicted molar refractivity (Wildman–Crippen MR) is 84.2 cm³/mol. The first-order valence-electron chi connectivity index (χ1n) is 7.50. The number of amides is 1. The summed E-state index contributed by atoms with van der Waals surface area (Å²) < 4.78 is 0. The molecule has 1 aromatic rings. The predicted octanol–water partition coefficient (Wildman–Crippen LogP) is 3.74. The summed E-state index contributed by atoms with van der Waals surface area (Å²) in [5.74, 6) is 0.0424. The molecule has 20 heavy (non-hydrogen) atoms. The van der Waals surface area contributed by atoms with Crippen molar-refractivity contribution >= 4 is 11.6 Å². The minimum atomic E-state index is 0.0424. The van der Waals surface area contributed by atoms with Crippen molar-refractivity contribution in [2.45, 2.75) is 52.5 Å². The van der Waals surface area contributed by atoms with Gasteiger partial charge in [0.05, 0.1) is 5.56 Å². The van der Waals surface area contributed by atoms with Gasteiger partial charge in [-0.1, -0.05) is 31.9 Å².